The van der Waals surface area contributed by atoms with Gasteiger partial charge in [0.15, 0.2) is 0 Å². The Balaban J connectivity index is 4.62. The molecule has 2 atom stereocenters. The lowest BCUT2D eigenvalue weighted by atomic mass is 10.1. The number of carbonyl (C=O) groups excluding carboxylic acids is 1. The van der Waals surface area contributed by atoms with E-state index in [-0.39, 0.29) is 25.0 Å². The van der Waals surface area contributed by atoms with E-state index in [4.69, 9.17) is 11.5 Å². The van der Waals surface area contributed by atoms with Crippen LogP contribution in [0.3, 0.4) is 0 Å². The van der Waals surface area contributed by atoms with E-state index in [1.807, 2.05) is 13.8 Å². The van der Waals surface area contributed by atoms with Gasteiger partial charge < -0.3 is 10.4 Å². The van der Waals surface area contributed by atoms with Crippen molar-refractivity contribution in [3.8, 4) is 12.3 Å². The van der Waals surface area contributed by atoms with Gasteiger partial charge in [0.05, 0.1) is 19.1 Å². The van der Waals surface area contributed by atoms with Crippen molar-refractivity contribution in [2.75, 3.05) is 13.1 Å². The minimum Gasteiger partial charge on any atom is -0.480 e. The quantitative estimate of drug-likeness (QED) is 0.628. The number of hydrogen-bond donors (Lipinski definition) is 2. The molecule has 17 heavy (non-hydrogen) atoms. The summed E-state index contributed by atoms with van der Waals surface area (Å²) in [5, 5.41) is 11.4. The summed E-state index contributed by atoms with van der Waals surface area (Å²) in [5.74, 6) is 1.12. The number of nitrogens with one attached hydrogen (secondary N) is 1. The molecule has 5 nitrogen and oxygen atoms in total. The molecule has 1 amide bonds. The summed E-state index contributed by atoms with van der Waals surface area (Å²) in [6.45, 7) is 5.53. The van der Waals surface area contributed by atoms with Gasteiger partial charge in [-0.25, -0.2) is 0 Å². The van der Waals surface area contributed by atoms with Gasteiger partial charge in [-0.05, 0) is 20.3 Å². The largest absolute Gasteiger partial charge is 0.480 e. The summed E-state index contributed by atoms with van der Waals surface area (Å²) >= 11 is 0. The summed E-state index contributed by atoms with van der Waals surface area (Å²) < 4.78 is 0. The van der Waals surface area contributed by atoms with Crippen molar-refractivity contribution < 1.29 is 14.7 Å². The van der Waals surface area contributed by atoms with Crippen LogP contribution in [0, 0.1) is 12.3 Å². The topological polar surface area (TPSA) is 69.6 Å². The third kappa shape index (κ3) is 5.36. The van der Waals surface area contributed by atoms with Crippen molar-refractivity contribution in [2.45, 2.75) is 39.3 Å². The van der Waals surface area contributed by atoms with Crippen LogP contribution in [0.5, 0.6) is 0 Å². The van der Waals surface area contributed by atoms with Gasteiger partial charge in [-0.3, -0.25) is 14.5 Å². The Morgan fingerprint density at radius 3 is 2.47 bits per heavy atom. The number of carboxylic acids is 1. The zero-order chi connectivity index (χ0) is 13.4. The van der Waals surface area contributed by atoms with E-state index in [0.29, 0.717) is 0 Å². The number of carboxylic acid groups (broad SMARTS) is 1. The van der Waals surface area contributed by atoms with Crippen molar-refractivity contribution in [1.29, 1.82) is 0 Å². The second-order valence-corrected chi connectivity index (χ2v) is 3.92. The fourth-order valence-electron chi connectivity index (χ4n) is 1.50. The molecule has 0 bridgehead atoms. The number of aliphatic carboxylic acids is 1. The van der Waals surface area contributed by atoms with Crippen LogP contribution < -0.4 is 5.32 Å². The third-order valence-electron chi connectivity index (χ3n) is 2.72. The normalized spacial score (nSPS) is 13.8. The molecule has 0 aliphatic carbocycles. The highest BCUT2D eigenvalue weighted by Gasteiger charge is 2.26. The molecule has 0 aliphatic heterocycles. The lowest BCUT2D eigenvalue weighted by Crippen LogP contribution is -2.50. The Labute approximate surface area is 102 Å². The van der Waals surface area contributed by atoms with E-state index in [2.05, 4.69) is 11.2 Å². The molecule has 0 saturated heterocycles. The average Bonchev–Trinajstić information content (AvgIpc) is 2.30. The third-order valence-corrected chi connectivity index (χ3v) is 2.72. The van der Waals surface area contributed by atoms with Crippen molar-refractivity contribution in [2.24, 2.45) is 0 Å². The smallest absolute Gasteiger partial charge is 0.317 e. The first kappa shape index (κ1) is 15.5. The van der Waals surface area contributed by atoms with Crippen LogP contribution >= 0.6 is 0 Å². The number of amides is 1. The molecule has 0 radical (unpaired) electrons. The zero-order valence-electron chi connectivity index (χ0n) is 10.6. The molecule has 2 unspecified atom stereocenters. The predicted molar refractivity (Wildman–Crippen MR) is 65.4 cm³/mol. The van der Waals surface area contributed by atoms with Crippen LogP contribution in [0.1, 0.15) is 27.2 Å². The van der Waals surface area contributed by atoms with E-state index in [0.717, 1.165) is 6.42 Å². The fourth-order valence-corrected chi connectivity index (χ4v) is 1.50. The first-order valence-electron chi connectivity index (χ1n) is 5.62. The Morgan fingerprint density at radius 1 is 1.47 bits per heavy atom. The lowest BCUT2D eigenvalue weighted by molar-refractivity contribution is -0.140. The van der Waals surface area contributed by atoms with Gasteiger partial charge in [0.2, 0.25) is 5.91 Å². The van der Waals surface area contributed by atoms with Crippen LogP contribution in [0.15, 0.2) is 0 Å². The van der Waals surface area contributed by atoms with Crippen molar-refractivity contribution in [1.82, 2.24) is 10.2 Å². The highest BCUT2D eigenvalue weighted by Crippen LogP contribution is 2.08. The maximum atomic E-state index is 11.7. The molecule has 0 fully saturated rings. The summed E-state index contributed by atoms with van der Waals surface area (Å²) in [6, 6.07) is -0.480. The SMILES string of the molecule is C#CCNC(=O)C(C)N(CC(=O)O)C(C)CC. The Kier molecular flexibility index (Phi) is 6.99. The summed E-state index contributed by atoms with van der Waals surface area (Å²) in [4.78, 5) is 24.1. The number of carbonyl (C=O) groups is 2. The lowest BCUT2D eigenvalue weighted by Gasteiger charge is -2.31. The molecule has 0 rings (SSSR count). The van der Waals surface area contributed by atoms with Gasteiger partial charge in [0, 0.05) is 6.04 Å². The summed E-state index contributed by atoms with van der Waals surface area (Å²) in [5.41, 5.74) is 0. The Bertz CT molecular complexity index is 309. The van der Waals surface area contributed by atoms with Crippen LogP contribution in [0.4, 0.5) is 0 Å². The molecular weight excluding hydrogens is 220 g/mol. The molecule has 0 heterocycles. The monoisotopic (exact) mass is 240 g/mol. The van der Waals surface area contributed by atoms with Gasteiger partial charge in [-0.15, -0.1) is 6.42 Å². The van der Waals surface area contributed by atoms with E-state index in [1.54, 1.807) is 11.8 Å². The maximum absolute atomic E-state index is 11.7. The molecule has 0 aromatic carbocycles. The first-order chi connectivity index (χ1) is 7.93. The highest BCUT2D eigenvalue weighted by atomic mass is 16.4. The molecule has 0 aromatic heterocycles. The van der Waals surface area contributed by atoms with Gasteiger partial charge in [-0.2, -0.15) is 0 Å². The molecule has 2 N–H and O–H groups in total. The Morgan fingerprint density at radius 2 is 2.06 bits per heavy atom. The predicted octanol–water partition coefficient (Wildman–Crippen LogP) is 0.309. The van der Waals surface area contributed by atoms with Crippen molar-refractivity contribution in [3.63, 3.8) is 0 Å². The van der Waals surface area contributed by atoms with Crippen molar-refractivity contribution >= 4 is 11.9 Å². The van der Waals surface area contributed by atoms with Gasteiger partial charge >= 0.3 is 5.97 Å². The molecule has 5 heteroatoms. The Hall–Kier alpha value is -1.54. The highest BCUT2D eigenvalue weighted by molar-refractivity contribution is 5.82. The zero-order valence-corrected chi connectivity index (χ0v) is 10.6. The van der Waals surface area contributed by atoms with Gasteiger partial charge in [0.25, 0.3) is 0 Å². The fraction of sp³-hybridized carbons (Fsp3) is 0.667. The summed E-state index contributed by atoms with van der Waals surface area (Å²) in [6.07, 6.45) is 5.83. The second kappa shape index (κ2) is 7.69. The van der Waals surface area contributed by atoms with Gasteiger partial charge in [-0.1, -0.05) is 12.8 Å². The van der Waals surface area contributed by atoms with Crippen LogP contribution in [0.2, 0.25) is 0 Å². The number of terminal acetylenes is 1. The average molecular weight is 240 g/mol. The first-order valence-corrected chi connectivity index (χ1v) is 5.62. The van der Waals surface area contributed by atoms with Crippen LogP contribution in [-0.4, -0.2) is 47.1 Å². The molecule has 0 spiro atoms. The van der Waals surface area contributed by atoms with Crippen LogP contribution in [-0.2, 0) is 9.59 Å². The van der Waals surface area contributed by atoms with Gasteiger partial charge in [0.1, 0.15) is 0 Å². The molecule has 0 aromatic rings. The van der Waals surface area contributed by atoms with Crippen molar-refractivity contribution in [3.05, 3.63) is 0 Å². The number of hydrogen-bond acceptors (Lipinski definition) is 3. The van der Waals surface area contributed by atoms with E-state index in [1.165, 1.54) is 0 Å². The van der Waals surface area contributed by atoms with E-state index < -0.39 is 12.0 Å². The van der Waals surface area contributed by atoms with Crippen LogP contribution in [0.25, 0.3) is 0 Å². The minimum absolute atomic E-state index is 0.0256. The second-order valence-electron chi connectivity index (χ2n) is 3.92. The van der Waals surface area contributed by atoms with E-state index in [9.17, 15) is 9.59 Å². The molecule has 0 aliphatic rings. The molecular formula is C12H20N2O3. The standard InChI is InChI=1S/C12H20N2O3/c1-5-7-13-12(17)10(4)14(8-11(15)16)9(3)6-2/h1,9-10H,6-8H2,2-4H3,(H,13,17)(H,15,16). The number of rotatable bonds is 7. The van der Waals surface area contributed by atoms with E-state index >= 15 is 0 Å². The number of nitrogens with zero attached hydrogens (tertiary/aromatic N) is 1. The summed E-state index contributed by atoms with van der Waals surface area (Å²) in [7, 11) is 0. The maximum Gasteiger partial charge on any atom is 0.317 e. The minimum atomic E-state index is -0.943. The molecule has 96 valence electrons. The molecule has 0 saturated carbocycles.